The molecule has 0 amide bonds. The van der Waals surface area contributed by atoms with Gasteiger partial charge in [-0.3, -0.25) is 0 Å². The van der Waals surface area contributed by atoms with Crippen molar-refractivity contribution < 1.29 is 26.3 Å². The van der Waals surface area contributed by atoms with E-state index in [1.54, 1.807) is 0 Å². The Morgan fingerprint density at radius 1 is 0.846 bits per heavy atom. The summed E-state index contributed by atoms with van der Waals surface area (Å²) in [4.78, 5) is 0. The summed E-state index contributed by atoms with van der Waals surface area (Å²) < 4.78 is 71.7. The van der Waals surface area contributed by atoms with Gasteiger partial charge < -0.3 is 0 Å². The first kappa shape index (κ1) is 11.8. The monoisotopic (exact) mass is 202 g/mol. The van der Waals surface area contributed by atoms with Crippen LogP contribution in [0.5, 0.6) is 0 Å². The van der Waals surface area contributed by atoms with E-state index in [9.17, 15) is 26.3 Å². The molecular weight excluding hydrogens is 198 g/mol. The molecule has 0 nitrogen and oxygen atoms in total. The van der Waals surface area contributed by atoms with Gasteiger partial charge in [-0.2, -0.15) is 0 Å². The van der Waals surface area contributed by atoms with E-state index in [1.807, 2.05) is 0 Å². The lowest BCUT2D eigenvalue weighted by atomic mass is 10.3. The minimum Gasteiger partial charge on any atom is -0.212 e. The average Bonchev–Trinajstić information content (AvgIpc) is 2.12. The van der Waals surface area contributed by atoms with Crippen LogP contribution < -0.4 is 0 Å². The van der Waals surface area contributed by atoms with Gasteiger partial charge in [-0.25, -0.2) is 26.3 Å². The van der Waals surface area contributed by atoms with Gasteiger partial charge in [-0.05, 0) is 6.92 Å². The number of hydrogen-bond donors (Lipinski definition) is 0. The van der Waals surface area contributed by atoms with Crippen LogP contribution in [0.3, 0.4) is 0 Å². The van der Waals surface area contributed by atoms with Crippen LogP contribution in [0.1, 0.15) is 6.92 Å². The first-order valence-corrected chi connectivity index (χ1v) is 2.95. The lowest BCUT2D eigenvalue weighted by Crippen LogP contribution is -1.85. The van der Waals surface area contributed by atoms with Crippen LogP contribution >= 0.6 is 0 Å². The van der Waals surface area contributed by atoms with E-state index in [0.717, 1.165) is 0 Å². The number of halogens is 6. The molecule has 0 heterocycles. The molecule has 0 radical (unpaired) electrons. The number of rotatable bonds is 2. The Morgan fingerprint density at radius 2 is 1.31 bits per heavy atom. The number of hydrogen-bond acceptors (Lipinski definition) is 0. The zero-order valence-corrected chi connectivity index (χ0v) is 6.35. The maximum atomic E-state index is 12.3. The smallest absolute Gasteiger partial charge is 0.200 e. The maximum Gasteiger partial charge on any atom is 0.200 e. The Labute approximate surface area is 69.9 Å². The molecule has 0 N–H and O–H groups in total. The molecule has 0 rings (SSSR count). The summed E-state index contributed by atoms with van der Waals surface area (Å²) in [5.74, 6) is -10.9. The highest BCUT2D eigenvalue weighted by atomic mass is 19.2. The lowest BCUT2D eigenvalue weighted by molar-refractivity contribution is 0.444. The van der Waals surface area contributed by atoms with Crippen molar-refractivity contribution in [1.29, 1.82) is 0 Å². The van der Waals surface area contributed by atoms with Crippen molar-refractivity contribution in [3.8, 4) is 0 Å². The van der Waals surface area contributed by atoms with E-state index in [0.29, 0.717) is 6.92 Å². The maximum absolute atomic E-state index is 12.3. The molecule has 0 aliphatic rings. The summed E-state index contributed by atoms with van der Waals surface area (Å²) in [5.41, 5.74) is 0. The second kappa shape index (κ2) is 4.74. The van der Waals surface area contributed by atoms with Crippen LogP contribution in [-0.2, 0) is 0 Å². The van der Waals surface area contributed by atoms with Gasteiger partial charge in [-0.15, -0.1) is 0 Å². The third kappa shape index (κ3) is 2.96. The van der Waals surface area contributed by atoms with E-state index in [4.69, 9.17) is 0 Å². The van der Waals surface area contributed by atoms with Crippen LogP contribution in [0.2, 0.25) is 0 Å². The van der Waals surface area contributed by atoms with Gasteiger partial charge in [-0.1, -0.05) is 0 Å². The SMILES string of the molecule is C\C(F)=C(F)/C(F)=C(F)\C(F)=C\F. The number of allylic oxidation sites excluding steroid dienone is 5. The van der Waals surface area contributed by atoms with Crippen molar-refractivity contribution in [2.45, 2.75) is 6.92 Å². The predicted molar refractivity (Wildman–Crippen MR) is 34.5 cm³/mol. The minimum atomic E-state index is -2.42. The second-order valence-electron chi connectivity index (χ2n) is 1.93. The molecule has 0 aliphatic heterocycles. The van der Waals surface area contributed by atoms with Crippen molar-refractivity contribution in [2.24, 2.45) is 0 Å². The van der Waals surface area contributed by atoms with Crippen LogP contribution in [0.4, 0.5) is 26.3 Å². The van der Waals surface area contributed by atoms with Gasteiger partial charge in [0.2, 0.25) is 0 Å². The molecule has 0 atom stereocenters. The first-order valence-electron chi connectivity index (χ1n) is 2.95. The van der Waals surface area contributed by atoms with Crippen molar-refractivity contribution in [3.05, 3.63) is 35.5 Å². The fourth-order valence-electron chi connectivity index (χ4n) is 0.400. The highest BCUT2D eigenvalue weighted by molar-refractivity contribution is 5.31. The third-order valence-electron chi connectivity index (χ3n) is 0.993. The predicted octanol–water partition coefficient (Wildman–Crippen LogP) is 4.09. The Balaban J connectivity index is 5.17. The van der Waals surface area contributed by atoms with Crippen molar-refractivity contribution in [1.82, 2.24) is 0 Å². The van der Waals surface area contributed by atoms with E-state index < -0.39 is 35.5 Å². The largest absolute Gasteiger partial charge is 0.212 e. The molecule has 0 aromatic carbocycles. The quantitative estimate of drug-likeness (QED) is 0.467. The van der Waals surface area contributed by atoms with Gasteiger partial charge in [0.1, 0.15) is 12.2 Å². The van der Waals surface area contributed by atoms with Crippen LogP contribution in [0.25, 0.3) is 0 Å². The molecule has 0 spiro atoms. The molecule has 0 bridgehead atoms. The van der Waals surface area contributed by atoms with E-state index in [-0.39, 0.29) is 0 Å². The van der Waals surface area contributed by atoms with Crippen LogP contribution in [0.15, 0.2) is 35.5 Å². The fraction of sp³-hybridized carbons (Fsp3) is 0.143. The molecule has 0 aromatic rings. The molecular formula is C7H4F6. The molecule has 74 valence electrons. The molecule has 0 saturated heterocycles. The first-order chi connectivity index (χ1) is 5.91. The summed E-state index contributed by atoms with van der Waals surface area (Å²) in [5, 5.41) is 0. The third-order valence-corrected chi connectivity index (χ3v) is 0.993. The highest BCUT2D eigenvalue weighted by Crippen LogP contribution is 2.27. The second-order valence-corrected chi connectivity index (χ2v) is 1.93. The Bertz CT molecular complexity index is 281. The standard InChI is InChI=1S/C7H4F6/c1-3(9)5(11)7(13)6(12)4(10)2-8/h2H,1H3/b4-2-,5-3-,7-6-. The fourth-order valence-corrected chi connectivity index (χ4v) is 0.400. The van der Waals surface area contributed by atoms with E-state index >= 15 is 0 Å². The van der Waals surface area contributed by atoms with Gasteiger partial charge in [0.15, 0.2) is 23.3 Å². The molecule has 6 heteroatoms. The zero-order chi connectivity index (χ0) is 10.6. The molecule has 0 saturated carbocycles. The summed E-state index contributed by atoms with van der Waals surface area (Å²) in [6, 6.07) is 0. The van der Waals surface area contributed by atoms with Gasteiger partial charge in [0, 0.05) is 0 Å². The summed E-state index contributed by atoms with van der Waals surface area (Å²) in [6.45, 7) is 0.499. The van der Waals surface area contributed by atoms with Crippen molar-refractivity contribution in [2.75, 3.05) is 0 Å². The van der Waals surface area contributed by atoms with Gasteiger partial charge in [0.25, 0.3) is 0 Å². The van der Waals surface area contributed by atoms with Crippen LogP contribution in [0, 0.1) is 0 Å². The molecule has 0 aromatic heterocycles. The van der Waals surface area contributed by atoms with Crippen molar-refractivity contribution >= 4 is 0 Å². The van der Waals surface area contributed by atoms with E-state index in [1.165, 1.54) is 0 Å². The summed E-state index contributed by atoms with van der Waals surface area (Å²) >= 11 is 0. The van der Waals surface area contributed by atoms with Crippen LogP contribution in [-0.4, -0.2) is 0 Å². The summed E-state index contributed by atoms with van der Waals surface area (Å²) in [6.07, 6.45) is -0.907. The molecule has 13 heavy (non-hydrogen) atoms. The van der Waals surface area contributed by atoms with Gasteiger partial charge >= 0.3 is 0 Å². The topological polar surface area (TPSA) is 0 Å². The Kier molecular flexibility index (Phi) is 4.30. The van der Waals surface area contributed by atoms with E-state index in [2.05, 4.69) is 0 Å². The highest BCUT2D eigenvalue weighted by Gasteiger charge is 2.18. The Morgan fingerprint density at radius 3 is 1.62 bits per heavy atom. The van der Waals surface area contributed by atoms with Crippen molar-refractivity contribution in [3.63, 3.8) is 0 Å². The minimum absolute atomic E-state index is 0.499. The molecule has 0 fully saturated rings. The average molecular weight is 202 g/mol. The molecule has 0 unspecified atom stereocenters. The summed E-state index contributed by atoms with van der Waals surface area (Å²) in [7, 11) is 0. The Hall–Kier alpha value is -1.20. The van der Waals surface area contributed by atoms with Gasteiger partial charge in [0.05, 0.1) is 0 Å². The molecule has 0 aliphatic carbocycles. The normalized spacial score (nSPS) is 16.7. The lowest BCUT2D eigenvalue weighted by Gasteiger charge is -1.95. The zero-order valence-electron chi connectivity index (χ0n) is 6.35.